The fourth-order valence-electron chi connectivity index (χ4n) is 5.51. The monoisotopic (exact) mass is 586 g/mol. The van der Waals surface area contributed by atoms with E-state index in [1.165, 1.54) is 36.2 Å². The number of benzene rings is 3. The summed E-state index contributed by atoms with van der Waals surface area (Å²) in [5.41, 5.74) is 5.05. The Balaban J connectivity index is 1.29. The number of unbranched alkanes of at least 4 members (excludes halogenated alkanes) is 2. The molecule has 1 aliphatic heterocycles. The Morgan fingerprint density at radius 3 is 2.40 bits per heavy atom. The van der Waals surface area contributed by atoms with Gasteiger partial charge in [-0.05, 0) is 98.8 Å². The number of carbonyl (C=O) groups is 2. The molecular formula is C34H38N2O5S. The molecular weight excluding hydrogens is 548 g/mol. The second-order valence-corrected chi connectivity index (χ2v) is 11.9. The summed E-state index contributed by atoms with van der Waals surface area (Å²) in [4.78, 5) is 28.4. The molecule has 0 atom stereocenters. The predicted octanol–water partition coefficient (Wildman–Crippen LogP) is 6.98. The number of phenolic OH excluding ortho intramolecular Hbond substituents is 1. The Morgan fingerprint density at radius 1 is 0.905 bits per heavy atom. The fourth-order valence-corrected chi connectivity index (χ4v) is 6.74. The number of ether oxygens (including phenoxy) is 1. The number of hydrogen-bond donors (Lipinski definition) is 3. The highest BCUT2D eigenvalue weighted by Crippen LogP contribution is 2.41. The molecule has 42 heavy (non-hydrogen) atoms. The van der Waals surface area contributed by atoms with Crippen LogP contribution >= 0.6 is 11.3 Å². The smallest absolute Gasteiger partial charge is 0.243 e. The van der Waals surface area contributed by atoms with E-state index in [0.717, 1.165) is 71.6 Å². The number of carbonyl (C=O) groups excluding carboxylic acids is 2. The topological polar surface area (TPSA) is 99.1 Å². The van der Waals surface area contributed by atoms with Gasteiger partial charge in [0, 0.05) is 39.1 Å². The van der Waals surface area contributed by atoms with E-state index < -0.39 is 0 Å². The number of rotatable bonds is 13. The summed E-state index contributed by atoms with van der Waals surface area (Å²) < 4.78 is 6.84. The summed E-state index contributed by atoms with van der Waals surface area (Å²) >= 11 is 1.51. The highest BCUT2D eigenvalue weighted by molar-refractivity contribution is 7.22. The number of phenols is 1. The summed E-state index contributed by atoms with van der Waals surface area (Å²) in [5.74, 6) is 0.523. The molecule has 220 valence electrons. The van der Waals surface area contributed by atoms with Gasteiger partial charge >= 0.3 is 0 Å². The van der Waals surface area contributed by atoms with E-state index in [2.05, 4.69) is 29.2 Å². The van der Waals surface area contributed by atoms with Gasteiger partial charge in [0.2, 0.25) is 5.91 Å². The molecule has 8 heteroatoms. The van der Waals surface area contributed by atoms with Crippen LogP contribution in [0.25, 0.3) is 20.5 Å². The number of amides is 1. The van der Waals surface area contributed by atoms with Crippen LogP contribution in [0.5, 0.6) is 11.5 Å². The average Bonchev–Trinajstić information content (AvgIpc) is 3.40. The molecule has 1 aromatic heterocycles. The van der Waals surface area contributed by atoms with Crippen LogP contribution in [0, 0.1) is 0 Å². The van der Waals surface area contributed by atoms with Crippen molar-refractivity contribution in [1.82, 2.24) is 10.4 Å². The van der Waals surface area contributed by atoms with E-state index in [-0.39, 0.29) is 17.4 Å². The number of aromatic hydroxyl groups is 1. The number of thiophene rings is 1. The third-order valence-corrected chi connectivity index (χ3v) is 9.05. The maximum Gasteiger partial charge on any atom is 0.243 e. The first-order chi connectivity index (χ1) is 20.5. The van der Waals surface area contributed by atoms with E-state index in [9.17, 15) is 14.7 Å². The highest BCUT2D eigenvalue weighted by atomic mass is 32.1. The van der Waals surface area contributed by atoms with Crippen molar-refractivity contribution in [3.8, 4) is 21.9 Å². The van der Waals surface area contributed by atoms with Gasteiger partial charge in [-0.15, -0.1) is 11.3 Å². The Kier molecular flexibility index (Phi) is 10.2. The van der Waals surface area contributed by atoms with Crippen LogP contribution in [-0.2, 0) is 11.2 Å². The van der Waals surface area contributed by atoms with Gasteiger partial charge in [-0.3, -0.25) is 19.7 Å². The number of hydrogen-bond acceptors (Lipinski definition) is 7. The highest BCUT2D eigenvalue weighted by Gasteiger charge is 2.22. The maximum atomic E-state index is 13.9. The van der Waals surface area contributed by atoms with Crippen LogP contribution in [0.3, 0.4) is 0 Å². The molecule has 5 rings (SSSR count). The minimum absolute atomic E-state index is 0.0576. The van der Waals surface area contributed by atoms with E-state index in [1.807, 2.05) is 30.3 Å². The third-order valence-electron chi connectivity index (χ3n) is 7.85. The van der Waals surface area contributed by atoms with Gasteiger partial charge in [0.1, 0.15) is 18.1 Å². The predicted molar refractivity (Wildman–Crippen MR) is 167 cm³/mol. The standard InChI is InChI=1S/C34H38N2O5S/c37-27-15-18-29-30(23-27)42-34(26-11-9-24(10-12-26)7-3-1-4-8-31(38)35-40)32(29)33(39)25-13-16-28(17-14-25)41-22-21-36-19-5-2-6-20-36/h9-18,23,37,40H,1-8,19-22H2,(H,35,38). The Hall–Kier alpha value is -3.72. The zero-order valence-electron chi connectivity index (χ0n) is 23.8. The summed E-state index contributed by atoms with van der Waals surface area (Å²) in [6.07, 6.45) is 7.62. The van der Waals surface area contributed by atoms with Crippen molar-refractivity contribution >= 4 is 33.1 Å². The van der Waals surface area contributed by atoms with Gasteiger partial charge in [-0.1, -0.05) is 37.1 Å². The maximum absolute atomic E-state index is 13.9. The van der Waals surface area contributed by atoms with E-state index in [4.69, 9.17) is 9.94 Å². The number of ketones is 1. The van der Waals surface area contributed by atoms with Crippen molar-refractivity contribution in [2.75, 3.05) is 26.2 Å². The summed E-state index contributed by atoms with van der Waals surface area (Å²) in [6.45, 7) is 3.83. The lowest BCUT2D eigenvalue weighted by atomic mass is 9.96. The van der Waals surface area contributed by atoms with Crippen LogP contribution in [0.4, 0.5) is 0 Å². The van der Waals surface area contributed by atoms with Crippen molar-refractivity contribution in [1.29, 1.82) is 0 Å². The van der Waals surface area contributed by atoms with Gasteiger partial charge in [-0.2, -0.15) is 0 Å². The fraction of sp³-hybridized carbons (Fsp3) is 0.353. The number of fused-ring (bicyclic) bond motifs is 1. The molecule has 2 heterocycles. The molecule has 3 N–H and O–H groups in total. The van der Waals surface area contributed by atoms with E-state index >= 15 is 0 Å². The van der Waals surface area contributed by atoms with Crippen molar-refractivity contribution in [3.63, 3.8) is 0 Å². The number of aryl methyl sites for hydroxylation is 1. The minimum Gasteiger partial charge on any atom is -0.508 e. The molecule has 3 aromatic carbocycles. The second-order valence-electron chi connectivity index (χ2n) is 10.9. The molecule has 1 amide bonds. The Labute approximate surface area is 250 Å². The summed E-state index contributed by atoms with van der Waals surface area (Å²) in [6, 6.07) is 20.8. The van der Waals surface area contributed by atoms with Gasteiger partial charge in [-0.25, -0.2) is 5.48 Å². The first-order valence-electron chi connectivity index (χ1n) is 14.8. The zero-order chi connectivity index (χ0) is 29.3. The molecule has 1 fully saturated rings. The number of hydroxylamine groups is 1. The molecule has 0 bridgehead atoms. The molecule has 1 saturated heterocycles. The number of nitrogens with one attached hydrogen (secondary N) is 1. The summed E-state index contributed by atoms with van der Waals surface area (Å²) in [7, 11) is 0. The van der Waals surface area contributed by atoms with Gasteiger partial charge < -0.3 is 9.84 Å². The largest absolute Gasteiger partial charge is 0.508 e. The van der Waals surface area contributed by atoms with Crippen LogP contribution in [0.2, 0.25) is 0 Å². The molecule has 4 aromatic rings. The van der Waals surface area contributed by atoms with Crippen LogP contribution in [-0.4, -0.2) is 53.1 Å². The third kappa shape index (κ3) is 7.56. The normalized spacial score (nSPS) is 13.7. The van der Waals surface area contributed by atoms with Crippen LogP contribution in [0.1, 0.15) is 66.4 Å². The van der Waals surface area contributed by atoms with Gasteiger partial charge in [0.15, 0.2) is 5.78 Å². The molecule has 0 unspecified atom stereocenters. The lowest BCUT2D eigenvalue weighted by Crippen LogP contribution is -2.33. The molecule has 0 aliphatic carbocycles. The summed E-state index contributed by atoms with van der Waals surface area (Å²) in [5, 5.41) is 19.5. The number of piperidine rings is 1. The van der Waals surface area contributed by atoms with Crippen molar-refractivity contribution in [2.24, 2.45) is 0 Å². The lowest BCUT2D eigenvalue weighted by molar-refractivity contribution is -0.129. The van der Waals surface area contributed by atoms with Crippen LogP contribution in [0.15, 0.2) is 66.7 Å². The molecule has 1 aliphatic rings. The molecule has 7 nitrogen and oxygen atoms in total. The van der Waals surface area contributed by atoms with E-state index in [0.29, 0.717) is 24.2 Å². The molecule has 0 saturated carbocycles. The van der Waals surface area contributed by atoms with Crippen molar-refractivity contribution < 1.29 is 24.6 Å². The van der Waals surface area contributed by atoms with Crippen molar-refractivity contribution in [3.05, 3.63) is 83.4 Å². The molecule has 0 radical (unpaired) electrons. The molecule has 0 spiro atoms. The SMILES string of the molecule is O=C(CCCCCc1ccc(-c2sc3cc(O)ccc3c2C(=O)c2ccc(OCCN3CCCCC3)cc2)cc1)NO. The van der Waals surface area contributed by atoms with Gasteiger partial charge in [0.05, 0.1) is 0 Å². The zero-order valence-corrected chi connectivity index (χ0v) is 24.6. The minimum atomic E-state index is -0.353. The Morgan fingerprint density at radius 2 is 1.67 bits per heavy atom. The quantitative estimate of drug-likeness (QED) is 0.0677. The van der Waals surface area contributed by atoms with Crippen LogP contribution < -0.4 is 10.2 Å². The second kappa shape index (κ2) is 14.4. The average molecular weight is 587 g/mol. The van der Waals surface area contributed by atoms with E-state index in [1.54, 1.807) is 17.6 Å². The lowest BCUT2D eigenvalue weighted by Gasteiger charge is -2.26. The number of nitrogens with zero attached hydrogens (tertiary/aromatic N) is 1. The number of likely N-dealkylation sites (tertiary alicyclic amines) is 1. The van der Waals surface area contributed by atoms with Gasteiger partial charge in [0.25, 0.3) is 0 Å². The Bertz CT molecular complexity index is 1490. The first-order valence-corrected chi connectivity index (χ1v) is 15.6. The van der Waals surface area contributed by atoms with Crippen molar-refractivity contribution in [2.45, 2.75) is 51.4 Å². The first kappa shape index (κ1) is 29.8.